The lowest BCUT2D eigenvalue weighted by Gasteiger charge is -2.07. The summed E-state index contributed by atoms with van der Waals surface area (Å²) in [6.07, 6.45) is 1.79. The summed E-state index contributed by atoms with van der Waals surface area (Å²) in [6, 6.07) is 0. The average molecular weight is 179 g/mol. The zero-order valence-electron chi connectivity index (χ0n) is 6.55. The van der Waals surface area contributed by atoms with Crippen molar-refractivity contribution in [1.82, 2.24) is 5.32 Å². The van der Waals surface area contributed by atoms with Gasteiger partial charge in [0.1, 0.15) is 0 Å². The lowest BCUT2D eigenvalue weighted by atomic mass is 10.1. The summed E-state index contributed by atoms with van der Waals surface area (Å²) in [6.45, 7) is 2.92. The van der Waals surface area contributed by atoms with Crippen LogP contribution in [0, 0.1) is 0 Å². The minimum absolute atomic E-state index is 0.857. The van der Waals surface area contributed by atoms with Crippen molar-refractivity contribution in [2.45, 2.75) is 19.6 Å². The van der Waals surface area contributed by atoms with Gasteiger partial charge in [0.2, 0.25) is 0 Å². The molecule has 0 aromatic carbocycles. The number of fused-ring (bicyclic) bond motifs is 3. The molecular formula is C8H9N3S. The predicted molar refractivity (Wildman–Crippen MR) is 50.7 cm³/mol. The zero-order chi connectivity index (χ0) is 7.97. The Bertz CT molecular complexity index is 353. The molecule has 3 heterocycles. The van der Waals surface area contributed by atoms with E-state index in [1.165, 1.54) is 21.0 Å². The van der Waals surface area contributed by atoms with Crippen molar-refractivity contribution >= 4 is 22.7 Å². The summed E-state index contributed by atoms with van der Waals surface area (Å²) in [5.41, 5.74) is 2.89. The molecule has 2 aliphatic heterocycles. The van der Waals surface area contributed by atoms with Crippen LogP contribution >= 0.6 is 11.3 Å². The van der Waals surface area contributed by atoms with E-state index in [1.54, 1.807) is 6.34 Å². The molecule has 2 N–H and O–H groups in total. The lowest BCUT2D eigenvalue weighted by molar-refractivity contribution is 0.763. The van der Waals surface area contributed by atoms with Gasteiger partial charge in [-0.05, 0) is 5.56 Å². The van der Waals surface area contributed by atoms with Crippen LogP contribution < -0.4 is 10.6 Å². The molecule has 2 aliphatic rings. The maximum absolute atomic E-state index is 4.21. The summed E-state index contributed by atoms with van der Waals surface area (Å²) in [7, 11) is 0. The molecule has 0 radical (unpaired) electrons. The van der Waals surface area contributed by atoms with E-state index in [-0.39, 0.29) is 0 Å². The fourth-order valence-corrected chi connectivity index (χ4v) is 2.89. The van der Waals surface area contributed by atoms with E-state index in [9.17, 15) is 0 Å². The minimum atomic E-state index is 0.857. The minimum Gasteiger partial charge on any atom is -0.338 e. The van der Waals surface area contributed by atoms with Crippen molar-refractivity contribution in [1.29, 1.82) is 0 Å². The summed E-state index contributed by atoms with van der Waals surface area (Å²) in [5, 5.41) is 7.84. The van der Waals surface area contributed by atoms with Crippen LogP contribution in [0.1, 0.15) is 16.0 Å². The Morgan fingerprint density at radius 2 is 2.33 bits per heavy atom. The van der Waals surface area contributed by atoms with Crippen molar-refractivity contribution in [3.05, 3.63) is 16.0 Å². The van der Waals surface area contributed by atoms with Crippen LogP contribution in [0.5, 0.6) is 0 Å². The van der Waals surface area contributed by atoms with Gasteiger partial charge < -0.3 is 10.6 Å². The van der Waals surface area contributed by atoms with Gasteiger partial charge in [-0.15, -0.1) is 11.3 Å². The molecule has 12 heavy (non-hydrogen) atoms. The predicted octanol–water partition coefficient (Wildman–Crippen LogP) is 1.31. The SMILES string of the molecule is C1=NCc2c(sc3c2CNC3)N1. The van der Waals surface area contributed by atoms with Crippen LogP contribution in [0.25, 0.3) is 0 Å². The molecule has 4 heteroatoms. The molecule has 0 atom stereocenters. The number of hydrogen-bond donors (Lipinski definition) is 2. The first-order valence-electron chi connectivity index (χ1n) is 4.04. The number of thiophene rings is 1. The van der Waals surface area contributed by atoms with E-state index in [0.717, 1.165) is 19.6 Å². The van der Waals surface area contributed by atoms with Crippen LogP contribution in [-0.4, -0.2) is 6.34 Å². The quantitative estimate of drug-likeness (QED) is 0.630. The maximum Gasteiger partial charge on any atom is 0.0991 e. The van der Waals surface area contributed by atoms with Gasteiger partial charge in [-0.2, -0.15) is 0 Å². The highest BCUT2D eigenvalue weighted by atomic mass is 32.1. The number of nitrogens with zero attached hydrogens (tertiary/aromatic N) is 1. The number of anilines is 1. The highest BCUT2D eigenvalue weighted by molar-refractivity contribution is 7.16. The summed E-state index contributed by atoms with van der Waals surface area (Å²) in [5.74, 6) is 0. The second-order valence-corrected chi connectivity index (χ2v) is 4.13. The average Bonchev–Trinajstić information content (AvgIpc) is 2.62. The Morgan fingerprint density at radius 1 is 1.33 bits per heavy atom. The third kappa shape index (κ3) is 0.763. The molecule has 0 saturated heterocycles. The van der Waals surface area contributed by atoms with Gasteiger partial charge in [0.25, 0.3) is 0 Å². The molecule has 3 nitrogen and oxygen atoms in total. The standard InChI is InChI=1S/C8H9N3S/c1-5-6-2-10-4-11-8(6)12-7(5)3-9-1/h4,9H,1-3H2,(H,10,11). The van der Waals surface area contributed by atoms with E-state index in [0.29, 0.717) is 0 Å². The molecule has 0 saturated carbocycles. The highest BCUT2D eigenvalue weighted by Gasteiger charge is 2.21. The van der Waals surface area contributed by atoms with Gasteiger partial charge in [-0.25, -0.2) is 0 Å². The van der Waals surface area contributed by atoms with Crippen molar-refractivity contribution < 1.29 is 0 Å². The number of rotatable bonds is 0. The van der Waals surface area contributed by atoms with Crippen molar-refractivity contribution in [2.75, 3.05) is 5.32 Å². The number of nitrogens with one attached hydrogen (secondary N) is 2. The second kappa shape index (κ2) is 2.31. The van der Waals surface area contributed by atoms with Gasteiger partial charge in [0.15, 0.2) is 0 Å². The van der Waals surface area contributed by atoms with Crippen LogP contribution in [-0.2, 0) is 19.6 Å². The fraction of sp³-hybridized carbons (Fsp3) is 0.375. The lowest BCUT2D eigenvalue weighted by Crippen LogP contribution is -2.06. The van der Waals surface area contributed by atoms with Crippen LogP contribution in [0.3, 0.4) is 0 Å². The molecule has 0 amide bonds. The molecular weight excluding hydrogens is 170 g/mol. The largest absolute Gasteiger partial charge is 0.338 e. The molecule has 0 fully saturated rings. The maximum atomic E-state index is 4.21. The van der Waals surface area contributed by atoms with Crippen molar-refractivity contribution in [3.63, 3.8) is 0 Å². The summed E-state index contributed by atoms with van der Waals surface area (Å²) in [4.78, 5) is 5.70. The second-order valence-electron chi connectivity index (χ2n) is 3.03. The van der Waals surface area contributed by atoms with Crippen molar-refractivity contribution in [3.8, 4) is 0 Å². The van der Waals surface area contributed by atoms with Crippen LogP contribution in [0.15, 0.2) is 4.99 Å². The first-order valence-corrected chi connectivity index (χ1v) is 4.86. The van der Waals surface area contributed by atoms with Gasteiger partial charge in [-0.1, -0.05) is 0 Å². The van der Waals surface area contributed by atoms with E-state index in [4.69, 9.17) is 0 Å². The monoisotopic (exact) mass is 179 g/mol. The van der Waals surface area contributed by atoms with Gasteiger partial charge in [0.05, 0.1) is 17.9 Å². The van der Waals surface area contributed by atoms with Gasteiger partial charge >= 0.3 is 0 Å². The van der Waals surface area contributed by atoms with E-state index in [1.807, 2.05) is 11.3 Å². The Hall–Kier alpha value is -0.870. The van der Waals surface area contributed by atoms with Gasteiger partial charge in [0, 0.05) is 23.5 Å². The molecule has 0 aliphatic carbocycles. The molecule has 0 unspecified atom stereocenters. The van der Waals surface area contributed by atoms with Crippen LogP contribution in [0.2, 0.25) is 0 Å². The molecule has 1 aromatic heterocycles. The topological polar surface area (TPSA) is 36.4 Å². The Balaban J connectivity index is 2.17. The first-order chi connectivity index (χ1) is 5.95. The molecule has 0 spiro atoms. The molecule has 1 aromatic rings. The van der Waals surface area contributed by atoms with Crippen LogP contribution in [0.4, 0.5) is 5.00 Å². The smallest absolute Gasteiger partial charge is 0.0991 e. The third-order valence-corrected chi connectivity index (χ3v) is 3.53. The Labute approximate surface area is 74.5 Å². The molecule has 0 bridgehead atoms. The Kier molecular flexibility index (Phi) is 1.27. The van der Waals surface area contributed by atoms with E-state index < -0.39 is 0 Å². The molecule has 62 valence electrons. The Morgan fingerprint density at radius 3 is 3.33 bits per heavy atom. The van der Waals surface area contributed by atoms with Crippen molar-refractivity contribution in [2.24, 2.45) is 4.99 Å². The summed E-state index contributed by atoms with van der Waals surface area (Å²) < 4.78 is 0. The summed E-state index contributed by atoms with van der Waals surface area (Å²) >= 11 is 1.86. The number of aliphatic imine (C=N–C) groups is 1. The van der Waals surface area contributed by atoms with Gasteiger partial charge in [-0.3, -0.25) is 4.99 Å². The first kappa shape index (κ1) is 6.62. The normalized spacial score (nSPS) is 18.7. The number of hydrogen-bond acceptors (Lipinski definition) is 4. The third-order valence-electron chi connectivity index (χ3n) is 2.32. The molecule has 3 rings (SSSR count). The zero-order valence-corrected chi connectivity index (χ0v) is 7.37. The van der Waals surface area contributed by atoms with E-state index >= 15 is 0 Å². The highest BCUT2D eigenvalue weighted by Crippen LogP contribution is 2.37. The van der Waals surface area contributed by atoms with E-state index in [2.05, 4.69) is 15.6 Å². The fourth-order valence-electron chi connectivity index (χ4n) is 1.73.